The van der Waals surface area contributed by atoms with Crippen LogP contribution in [0.3, 0.4) is 0 Å². The molecule has 3 aromatic rings. The van der Waals surface area contributed by atoms with E-state index in [2.05, 4.69) is 20.2 Å². The first-order valence-electron chi connectivity index (χ1n) is 6.05. The van der Waals surface area contributed by atoms with E-state index in [4.69, 9.17) is 0 Å². The minimum absolute atomic E-state index is 0.266. The van der Waals surface area contributed by atoms with Gasteiger partial charge in [0.05, 0.1) is 6.54 Å². The van der Waals surface area contributed by atoms with Gasteiger partial charge in [0, 0.05) is 23.4 Å². The van der Waals surface area contributed by atoms with E-state index >= 15 is 0 Å². The highest BCUT2D eigenvalue weighted by atomic mass is 19.1. The molecule has 0 saturated heterocycles. The smallest absolute Gasteiger partial charge is 0.138 e. The van der Waals surface area contributed by atoms with E-state index in [9.17, 15) is 8.78 Å². The molecule has 1 aromatic carbocycles. The van der Waals surface area contributed by atoms with Crippen molar-refractivity contribution in [3.8, 4) is 0 Å². The van der Waals surface area contributed by atoms with Crippen LogP contribution in [0.2, 0.25) is 0 Å². The second kappa shape index (κ2) is 5.61. The van der Waals surface area contributed by atoms with Crippen LogP contribution < -0.4 is 0 Å². The normalized spacial score (nSPS) is 11.8. The predicted octanol–water partition coefficient (Wildman–Crippen LogP) is 1.85. The standard InChI is InChI=1S/C13H10F2N6/c14-11-1-2-12(13(15)3-11)10(4-20-8-16-6-18-20)5-21-9-17-7-19-21/h1-4,6-9H,5H2/b10-4+. The topological polar surface area (TPSA) is 61.4 Å². The number of rotatable bonds is 4. The molecular weight excluding hydrogens is 278 g/mol. The molecule has 0 N–H and O–H groups in total. The first kappa shape index (κ1) is 13.1. The molecular formula is C13H10F2N6. The summed E-state index contributed by atoms with van der Waals surface area (Å²) in [5.74, 6) is -1.28. The van der Waals surface area contributed by atoms with Crippen molar-refractivity contribution >= 4 is 11.8 Å². The molecule has 21 heavy (non-hydrogen) atoms. The summed E-state index contributed by atoms with van der Waals surface area (Å²) in [4.78, 5) is 7.66. The van der Waals surface area contributed by atoms with Gasteiger partial charge in [-0.15, -0.1) is 0 Å². The zero-order chi connectivity index (χ0) is 14.7. The van der Waals surface area contributed by atoms with Crippen LogP contribution in [0.5, 0.6) is 0 Å². The van der Waals surface area contributed by atoms with Gasteiger partial charge in [0.25, 0.3) is 0 Å². The lowest BCUT2D eigenvalue weighted by atomic mass is 10.1. The summed E-state index contributed by atoms with van der Waals surface area (Å²) >= 11 is 0. The number of halogens is 2. The number of hydrogen-bond acceptors (Lipinski definition) is 4. The SMILES string of the molecule is Fc1ccc(/C(=C/n2cncn2)Cn2cncn2)c(F)c1. The molecule has 6 nitrogen and oxygen atoms in total. The van der Waals surface area contributed by atoms with Gasteiger partial charge in [-0.3, -0.25) is 0 Å². The van der Waals surface area contributed by atoms with Crippen LogP contribution in [0.25, 0.3) is 11.8 Å². The van der Waals surface area contributed by atoms with Crippen LogP contribution in [-0.2, 0) is 6.54 Å². The fourth-order valence-corrected chi connectivity index (χ4v) is 1.88. The van der Waals surface area contributed by atoms with Crippen LogP contribution in [-0.4, -0.2) is 29.5 Å². The Morgan fingerprint density at radius 2 is 1.90 bits per heavy atom. The van der Waals surface area contributed by atoms with E-state index in [1.165, 1.54) is 46.8 Å². The lowest BCUT2D eigenvalue weighted by Crippen LogP contribution is -2.04. The fraction of sp³-hybridized carbons (Fsp3) is 0.0769. The minimum atomic E-state index is -0.651. The van der Waals surface area contributed by atoms with Crippen molar-refractivity contribution in [2.45, 2.75) is 6.54 Å². The molecule has 3 rings (SSSR count). The zero-order valence-electron chi connectivity index (χ0n) is 10.8. The van der Waals surface area contributed by atoms with Gasteiger partial charge in [0.15, 0.2) is 0 Å². The van der Waals surface area contributed by atoms with Gasteiger partial charge in [0.2, 0.25) is 0 Å². The molecule has 0 fully saturated rings. The fourth-order valence-electron chi connectivity index (χ4n) is 1.88. The summed E-state index contributed by atoms with van der Waals surface area (Å²) < 4.78 is 30.0. The minimum Gasteiger partial charge on any atom is -0.248 e. The maximum absolute atomic E-state index is 14.0. The predicted molar refractivity (Wildman–Crippen MR) is 70.6 cm³/mol. The van der Waals surface area contributed by atoms with Crippen molar-refractivity contribution in [1.82, 2.24) is 29.5 Å². The monoisotopic (exact) mass is 288 g/mol. The van der Waals surface area contributed by atoms with Gasteiger partial charge < -0.3 is 0 Å². The molecule has 0 radical (unpaired) electrons. The molecule has 2 heterocycles. The average molecular weight is 288 g/mol. The number of benzene rings is 1. The Balaban J connectivity index is 2.03. The van der Waals surface area contributed by atoms with Crippen LogP contribution in [0.1, 0.15) is 5.56 Å². The highest BCUT2D eigenvalue weighted by Gasteiger charge is 2.11. The molecule has 0 aliphatic rings. The van der Waals surface area contributed by atoms with Gasteiger partial charge >= 0.3 is 0 Å². The highest BCUT2D eigenvalue weighted by Crippen LogP contribution is 2.21. The molecule has 0 unspecified atom stereocenters. The largest absolute Gasteiger partial charge is 0.248 e. The van der Waals surface area contributed by atoms with E-state index < -0.39 is 11.6 Å². The Bertz CT molecular complexity index is 749. The van der Waals surface area contributed by atoms with E-state index in [0.29, 0.717) is 5.57 Å². The molecule has 0 saturated carbocycles. The Labute approximate surface area is 118 Å². The Morgan fingerprint density at radius 3 is 2.57 bits per heavy atom. The van der Waals surface area contributed by atoms with Gasteiger partial charge in [-0.2, -0.15) is 10.2 Å². The van der Waals surface area contributed by atoms with Crippen molar-refractivity contribution in [3.05, 3.63) is 60.7 Å². The van der Waals surface area contributed by atoms with E-state index in [-0.39, 0.29) is 12.1 Å². The quantitative estimate of drug-likeness (QED) is 0.735. The van der Waals surface area contributed by atoms with Crippen LogP contribution in [0.15, 0.2) is 43.5 Å². The third-order valence-corrected chi connectivity index (χ3v) is 2.80. The van der Waals surface area contributed by atoms with Gasteiger partial charge in [-0.25, -0.2) is 28.1 Å². The molecule has 0 atom stereocenters. The first-order chi connectivity index (χ1) is 10.2. The summed E-state index contributed by atoms with van der Waals surface area (Å²) in [6.45, 7) is 0.266. The van der Waals surface area contributed by atoms with Crippen molar-refractivity contribution in [1.29, 1.82) is 0 Å². The molecule has 0 bridgehead atoms. The Morgan fingerprint density at radius 1 is 1.10 bits per heavy atom. The van der Waals surface area contributed by atoms with E-state index in [1.54, 1.807) is 6.20 Å². The van der Waals surface area contributed by atoms with Gasteiger partial charge in [0.1, 0.15) is 36.9 Å². The summed E-state index contributed by atoms with van der Waals surface area (Å²) in [6.07, 6.45) is 7.34. The Hall–Kier alpha value is -2.90. The average Bonchev–Trinajstić information content (AvgIpc) is 3.11. The third kappa shape index (κ3) is 2.99. The maximum Gasteiger partial charge on any atom is 0.138 e. The molecule has 0 aliphatic heterocycles. The van der Waals surface area contributed by atoms with E-state index in [0.717, 1.165) is 6.07 Å². The molecule has 2 aromatic heterocycles. The lowest BCUT2D eigenvalue weighted by Gasteiger charge is -2.09. The molecule has 8 heteroatoms. The zero-order valence-corrected chi connectivity index (χ0v) is 10.8. The maximum atomic E-state index is 14.0. The second-order valence-electron chi connectivity index (χ2n) is 4.25. The van der Waals surface area contributed by atoms with Crippen molar-refractivity contribution < 1.29 is 8.78 Å². The van der Waals surface area contributed by atoms with Crippen molar-refractivity contribution in [2.75, 3.05) is 0 Å². The lowest BCUT2D eigenvalue weighted by molar-refractivity contribution is 0.579. The number of hydrogen-bond donors (Lipinski definition) is 0. The van der Waals surface area contributed by atoms with Crippen LogP contribution in [0.4, 0.5) is 8.78 Å². The Kier molecular flexibility index (Phi) is 3.50. The molecule has 0 amide bonds. The summed E-state index contributed by atoms with van der Waals surface area (Å²) in [6, 6.07) is 3.42. The number of allylic oxidation sites excluding steroid dienone is 1. The van der Waals surface area contributed by atoms with Gasteiger partial charge in [-0.05, 0) is 12.1 Å². The number of nitrogens with zero attached hydrogens (tertiary/aromatic N) is 6. The van der Waals surface area contributed by atoms with Crippen molar-refractivity contribution in [2.24, 2.45) is 0 Å². The molecule has 0 aliphatic carbocycles. The summed E-state index contributed by atoms with van der Waals surface area (Å²) in [5.41, 5.74) is 0.825. The van der Waals surface area contributed by atoms with Crippen LogP contribution in [0, 0.1) is 11.6 Å². The van der Waals surface area contributed by atoms with Crippen LogP contribution >= 0.6 is 0 Å². The molecule has 0 spiro atoms. The summed E-state index contributed by atoms with van der Waals surface area (Å²) in [5, 5.41) is 7.93. The van der Waals surface area contributed by atoms with Gasteiger partial charge in [-0.1, -0.05) is 0 Å². The summed E-state index contributed by atoms with van der Waals surface area (Å²) in [7, 11) is 0. The second-order valence-corrected chi connectivity index (χ2v) is 4.25. The third-order valence-electron chi connectivity index (χ3n) is 2.80. The molecule has 106 valence electrons. The van der Waals surface area contributed by atoms with E-state index in [1.807, 2.05) is 0 Å². The highest BCUT2D eigenvalue weighted by molar-refractivity contribution is 5.75. The number of aromatic nitrogens is 6. The van der Waals surface area contributed by atoms with Crippen molar-refractivity contribution in [3.63, 3.8) is 0 Å². The first-order valence-corrected chi connectivity index (χ1v) is 6.05.